The molecule has 2 atom stereocenters. The number of aromatic nitrogens is 2. The van der Waals surface area contributed by atoms with Gasteiger partial charge in [0.2, 0.25) is 0 Å². The number of hydrogen-bond acceptors (Lipinski definition) is 2. The Morgan fingerprint density at radius 3 is 2.23 bits per heavy atom. The minimum Gasteiger partial charge on any atom is -0.461 e. The van der Waals surface area contributed by atoms with Crippen LogP contribution in [-0.4, -0.2) is 9.55 Å². The van der Waals surface area contributed by atoms with E-state index in [-0.39, 0.29) is 5.92 Å². The van der Waals surface area contributed by atoms with Gasteiger partial charge in [-0.1, -0.05) is 105 Å². The molecule has 208 valence electrons. The van der Waals surface area contributed by atoms with E-state index in [9.17, 15) is 0 Å². The van der Waals surface area contributed by atoms with Gasteiger partial charge in [0.25, 0.3) is 0 Å². The van der Waals surface area contributed by atoms with Gasteiger partial charge in [0.15, 0.2) is 0 Å². The van der Waals surface area contributed by atoms with E-state index < -0.39 is 5.41 Å². The van der Waals surface area contributed by atoms with Crippen LogP contribution in [0, 0.1) is 11.8 Å². The lowest BCUT2D eigenvalue weighted by Crippen LogP contribution is -2.36. The van der Waals surface area contributed by atoms with Gasteiger partial charge in [0.05, 0.1) is 16.4 Å². The van der Waals surface area contributed by atoms with Gasteiger partial charge >= 0.3 is 0 Å². The highest BCUT2D eigenvalue weighted by atomic mass is 16.5. The molecule has 5 aromatic rings. The fourth-order valence-electron chi connectivity index (χ4n) is 7.98. The quantitative estimate of drug-likeness (QED) is 0.216. The number of para-hydroxylation sites is 3. The van der Waals surface area contributed by atoms with Crippen LogP contribution in [0.5, 0.6) is 5.75 Å². The Hall–Kier alpha value is -4.89. The van der Waals surface area contributed by atoms with Crippen molar-refractivity contribution in [1.82, 2.24) is 9.55 Å². The lowest BCUT2D eigenvalue weighted by atomic mass is 9.63. The van der Waals surface area contributed by atoms with Crippen LogP contribution in [0.1, 0.15) is 49.2 Å². The third-order valence-electron chi connectivity index (χ3n) is 9.83. The van der Waals surface area contributed by atoms with Gasteiger partial charge < -0.3 is 4.74 Å². The molecule has 2 unspecified atom stereocenters. The smallest absolute Gasteiger partial charge is 0.141 e. The summed E-state index contributed by atoms with van der Waals surface area (Å²) in [5, 5.41) is 0. The summed E-state index contributed by atoms with van der Waals surface area (Å²) in [5.74, 6) is 3.76. The van der Waals surface area contributed by atoms with Crippen LogP contribution >= 0.6 is 0 Å². The third-order valence-corrected chi connectivity index (χ3v) is 9.83. The van der Waals surface area contributed by atoms with E-state index in [1.165, 1.54) is 44.7 Å². The normalized spacial score (nSPS) is 21.1. The molecule has 0 radical (unpaired) electrons. The first kappa shape index (κ1) is 24.7. The Bertz CT molecular complexity index is 2060. The molecule has 1 aliphatic heterocycles. The number of rotatable bonds is 2. The molecule has 0 fully saturated rings. The zero-order valence-electron chi connectivity index (χ0n) is 24.4. The van der Waals surface area contributed by atoms with Crippen molar-refractivity contribution in [1.29, 1.82) is 0 Å². The van der Waals surface area contributed by atoms with E-state index in [1.54, 1.807) is 0 Å². The third kappa shape index (κ3) is 3.34. The summed E-state index contributed by atoms with van der Waals surface area (Å²) in [7, 11) is 0. The van der Waals surface area contributed by atoms with Crippen molar-refractivity contribution in [2.45, 2.75) is 32.1 Å². The highest BCUT2D eigenvalue weighted by molar-refractivity contribution is 5.91. The van der Waals surface area contributed by atoms with Crippen LogP contribution in [-0.2, 0) is 5.41 Å². The number of allylic oxidation sites excluding steroid dienone is 8. The molecule has 43 heavy (non-hydrogen) atoms. The standard InChI is InChI=1S/C40H32N2O/c1-25-12-11-13-27(22-25)42-36-20-9-8-19-35(36)41-39(42)30-24-34-38(23-26(30)2)43-37-21-10-7-18-33(37)40(34)31-16-5-3-14-28(31)29-15-4-6-17-32(29)40/h3-11,13-22,24-26H,12,23H2,1-2H3. The van der Waals surface area contributed by atoms with Gasteiger partial charge in [0.1, 0.15) is 17.3 Å². The lowest BCUT2D eigenvalue weighted by Gasteiger charge is -2.42. The predicted octanol–water partition coefficient (Wildman–Crippen LogP) is 9.56. The van der Waals surface area contributed by atoms with Crippen molar-refractivity contribution in [3.05, 3.63) is 155 Å². The Kier molecular flexibility index (Phi) is 5.20. The van der Waals surface area contributed by atoms with Crippen molar-refractivity contribution in [2.24, 2.45) is 11.8 Å². The zero-order valence-corrected chi connectivity index (χ0v) is 24.4. The van der Waals surface area contributed by atoms with Crippen molar-refractivity contribution in [2.75, 3.05) is 0 Å². The summed E-state index contributed by atoms with van der Waals surface area (Å²) in [6.45, 7) is 4.61. The van der Waals surface area contributed by atoms with E-state index in [0.717, 1.165) is 41.2 Å². The summed E-state index contributed by atoms with van der Waals surface area (Å²) in [4.78, 5) is 5.33. The fraction of sp³-hybridized carbons (Fsp3) is 0.175. The SMILES string of the molecule is CC1C=C(n2c(C3=CC4=C(CC3C)Oc3ccccc3C43c4ccccc4-c4ccccc43)nc3ccccc32)C=CC1. The molecule has 0 N–H and O–H groups in total. The van der Waals surface area contributed by atoms with E-state index in [1.807, 2.05) is 0 Å². The van der Waals surface area contributed by atoms with Crippen LogP contribution in [0.4, 0.5) is 0 Å². The molecule has 0 saturated carbocycles. The monoisotopic (exact) mass is 556 g/mol. The van der Waals surface area contributed by atoms with Crippen molar-refractivity contribution >= 4 is 22.3 Å². The van der Waals surface area contributed by atoms with Crippen LogP contribution in [0.2, 0.25) is 0 Å². The second-order valence-corrected chi connectivity index (χ2v) is 12.4. The minimum atomic E-state index is -0.460. The topological polar surface area (TPSA) is 27.1 Å². The summed E-state index contributed by atoms with van der Waals surface area (Å²) in [6, 6.07) is 35.1. The molecule has 0 bridgehead atoms. The minimum absolute atomic E-state index is 0.231. The Labute approximate surface area is 252 Å². The molecule has 3 nitrogen and oxygen atoms in total. The van der Waals surface area contributed by atoms with E-state index in [0.29, 0.717) is 5.92 Å². The van der Waals surface area contributed by atoms with Crippen molar-refractivity contribution < 1.29 is 4.74 Å². The molecule has 0 amide bonds. The summed E-state index contributed by atoms with van der Waals surface area (Å²) in [5.41, 5.74) is 11.9. The first-order valence-electron chi connectivity index (χ1n) is 15.4. The van der Waals surface area contributed by atoms with E-state index in [4.69, 9.17) is 9.72 Å². The van der Waals surface area contributed by atoms with Crippen LogP contribution in [0.25, 0.3) is 33.4 Å². The van der Waals surface area contributed by atoms with Crippen LogP contribution in [0.15, 0.2) is 133 Å². The molecule has 0 saturated heterocycles. The average Bonchev–Trinajstić information content (AvgIpc) is 3.56. The van der Waals surface area contributed by atoms with Crippen LogP contribution in [0.3, 0.4) is 0 Å². The molecule has 9 rings (SSSR count). The maximum atomic E-state index is 6.81. The van der Waals surface area contributed by atoms with Crippen molar-refractivity contribution in [3.63, 3.8) is 0 Å². The van der Waals surface area contributed by atoms with Gasteiger partial charge in [-0.3, -0.25) is 4.57 Å². The summed E-state index contributed by atoms with van der Waals surface area (Å²) in [6.07, 6.45) is 11.3. The molecule has 4 aliphatic rings. The second-order valence-electron chi connectivity index (χ2n) is 12.4. The highest BCUT2D eigenvalue weighted by Crippen LogP contribution is 2.62. The van der Waals surface area contributed by atoms with Crippen molar-refractivity contribution in [3.8, 4) is 16.9 Å². The molecule has 3 aliphatic carbocycles. The molecule has 1 spiro atoms. The maximum Gasteiger partial charge on any atom is 0.141 e. The summed E-state index contributed by atoms with van der Waals surface area (Å²) >= 11 is 0. The lowest BCUT2D eigenvalue weighted by molar-refractivity contribution is 0.350. The molecular weight excluding hydrogens is 524 g/mol. The maximum absolute atomic E-state index is 6.81. The number of fused-ring (bicyclic) bond motifs is 9. The number of imidazole rings is 1. The number of ether oxygens (including phenoxy) is 1. The first-order valence-corrected chi connectivity index (χ1v) is 15.4. The van der Waals surface area contributed by atoms with Gasteiger partial charge in [-0.05, 0) is 76.4 Å². The largest absolute Gasteiger partial charge is 0.461 e. The molecule has 1 aromatic heterocycles. The Morgan fingerprint density at radius 1 is 0.791 bits per heavy atom. The zero-order chi connectivity index (χ0) is 28.7. The fourth-order valence-corrected chi connectivity index (χ4v) is 7.98. The molecule has 4 aromatic carbocycles. The number of hydrogen-bond donors (Lipinski definition) is 0. The number of nitrogens with zero attached hydrogens (tertiary/aromatic N) is 2. The molecule has 3 heteroatoms. The van der Waals surface area contributed by atoms with Crippen LogP contribution < -0.4 is 4.74 Å². The van der Waals surface area contributed by atoms with Gasteiger partial charge in [-0.2, -0.15) is 0 Å². The average molecular weight is 557 g/mol. The van der Waals surface area contributed by atoms with Gasteiger partial charge in [0, 0.05) is 23.3 Å². The Morgan fingerprint density at radius 2 is 1.47 bits per heavy atom. The Balaban J connectivity index is 1.35. The van der Waals surface area contributed by atoms with E-state index >= 15 is 0 Å². The molecule has 2 heterocycles. The highest BCUT2D eigenvalue weighted by Gasteiger charge is 2.52. The molecular formula is C40H32N2O. The summed E-state index contributed by atoms with van der Waals surface area (Å²) < 4.78 is 9.20. The van der Waals surface area contributed by atoms with Gasteiger partial charge in [-0.25, -0.2) is 4.98 Å². The first-order chi connectivity index (χ1) is 21.1. The second kappa shape index (κ2) is 9.05. The number of benzene rings is 4. The predicted molar refractivity (Wildman–Crippen MR) is 175 cm³/mol. The van der Waals surface area contributed by atoms with Gasteiger partial charge in [-0.15, -0.1) is 0 Å². The van der Waals surface area contributed by atoms with E-state index in [2.05, 4.69) is 140 Å².